The molecule has 4 rings (SSSR count). The fourth-order valence-electron chi connectivity index (χ4n) is 4.39. The molecule has 5 atom stereocenters. The van der Waals surface area contributed by atoms with Gasteiger partial charge in [0, 0.05) is 13.0 Å². The number of amides is 1. The molecule has 0 saturated carbocycles. The molecule has 3 aromatic carbocycles. The molecule has 1 unspecified atom stereocenters. The molecule has 1 aliphatic rings. The van der Waals surface area contributed by atoms with E-state index in [1.807, 2.05) is 54.8 Å². The Kier molecular flexibility index (Phi) is 9.75. The molecule has 1 heterocycles. The monoisotopic (exact) mass is 510 g/mol. The van der Waals surface area contributed by atoms with E-state index in [1.54, 1.807) is 0 Å². The number of carbonyl (C=O) groups excluding carboxylic acids is 1. The van der Waals surface area contributed by atoms with Gasteiger partial charge in [0.2, 0.25) is 5.91 Å². The Morgan fingerprint density at radius 1 is 1.03 bits per heavy atom. The van der Waals surface area contributed by atoms with Crippen molar-refractivity contribution in [2.45, 2.75) is 49.4 Å². The molecule has 3 aromatic rings. The average molecular weight is 511 g/mol. The third-order valence-electron chi connectivity index (χ3n) is 6.25. The van der Waals surface area contributed by atoms with E-state index in [0.29, 0.717) is 13.2 Å². The van der Waals surface area contributed by atoms with E-state index in [4.69, 9.17) is 19.9 Å². The van der Waals surface area contributed by atoms with Crippen LogP contribution in [0.2, 0.25) is 0 Å². The van der Waals surface area contributed by atoms with Crippen molar-refractivity contribution >= 4 is 28.4 Å². The summed E-state index contributed by atoms with van der Waals surface area (Å²) in [5.74, 6) is -0.198. The van der Waals surface area contributed by atoms with Crippen molar-refractivity contribution in [1.29, 1.82) is 0 Å². The lowest BCUT2D eigenvalue weighted by atomic mass is 9.97. The van der Waals surface area contributed by atoms with Crippen LogP contribution < -0.4 is 11.1 Å². The van der Waals surface area contributed by atoms with Gasteiger partial charge in [-0.2, -0.15) is 0 Å². The number of nitrogens with two attached hydrogens (primary N) is 1. The molecule has 192 valence electrons. The van der Waals surface area contributed by atoms with E-state index in [2.05, 4.69) is 29.6 Å². The highest BCUT2D eigenvalue weighted by Gasteiger charge is 2.46. The van der Waals surface area contributed by atoms with Crippen LogP contribution in [0.4, 0.5) is 0 Å². The number of rotatable bonds is 11. The van der Waals surface area contributed by atoms with Gasteiger partial charge in [0.25, 0.3) is 0 Å². The van der Waals surface area contributed by atoms with E-state index in [1.165, 1.54) is 17.1 Å². The summed E-state index contributed by atoms with van der Waals surface area (Å²) in [4.78, 5) is 12.4. The number of carbonyl (C=O) groups is 1. The lowest BCUT2D eigenvalue weighted by Gasteiger charge is -2.44. The molecular formula is C28H34N2O5S. The Balaban J connectivity index is 1.43. The minimum Gasteiger partial charge on any atom is -0.388 e. The summed E-state index contributed by atoms with van der Waals surface area (Å²) in [6, 6.07) is 23.6. The largest absolute Gasteiger partial charge is 0.388 e. The third kappa shape index (κ3) is 6.85. The van der Waals surface area contributed by atoms with Gasteiger partial charge in [-0.15, -0.1) is 11.8 Å². The Hall–Kier alpha value is -2.46. The van der Waals surface area contributed by atoms with E-state index in [9.17, 15) is 9.90 Å². The molecule has 0 radical (unpaired) electrons. The highest BCUT2D eigenvalue weighted by atomic mass is 32.2. The van der Waals surface area contributed by atoms with Gasteiger partial charge in [0.05, 0.1) is 25.9 Å². The third-order valence-corrected chi connectivity index (χ3v) is 7.12. The minimum atomic E-state index is -0.989. The second-order valence-electron chi connectivity index (χ2n) is 8.86. The van der Waals surface area contributed by atoms with Crippen LogP contribution in [0.5, 0.6) is 0 Å². The summed E-state index contributed by atoms with van der Waals surface area (Å²) >= 11 is 1.46. The first kappa shape index (κ1) is 26.6. The maximum atomic E-state index is 12.4. The molecule has 1 saturated heterocycles. The number of benzene rings is 3. The highest BCUT2D eigenvalue weighted by molar-refractivity contribution is 7.99. The summed E-state index contributed by atoms with van der Waals surface area (Å²) in [7, 11) is 0. The number of fused-ring (bicyclic) bond motifs is 1. The molecular weight excluding hydrogens is 476 g/mol. The van der Waals surface area contributed by atoms with Crippen LogP contribution in [-0.4, -0.2) is 60.2 Å². The van der Waals surface area contributed by atoms with Crippen molar-refractivity contribution in [1.82, 2.24) is 5.32 Å². The second-order valence-corrected chi connectivity index (χ2v) is 9.80. The lowest BCUT2D eigenvalue weighted by molar-refractivity contribution is -0.196. The molecule has 1 fully saturated rings. The van der Waals surface area contributed by atoms with Crippen LogP contribution in [0.25, 0.3) is 10.8 Å². The first-order chi connectivity index (χ1) is 17.6. The molecule has 7 nitrogen and oxygen atoms in total. The lowest BCUT2D eigenvalue weighted by Crippen LogP contribution is -2.64. The van der Waals surface area contributed by atoms with Gasteiger partial charge < -0.3 is 30.4 Å². The molecule has 0 spiro atoms. The molecule has 4 N–H and O–H groups in total. The zero-order valence-corrected chi connectivity index (χ0v) is 21.2. The van der Waals surface area contributed by atoms with Crippen LogP contribution >= 0.6 is 11.8 Å². The SMILES string of the molecule is CSC1O[C@H](COCc2ccc3ccccc3c2)[C@@H](O)[C@H](OCc2ccccc2)[C@H]1NC(=O)CCN. The number of ether oxygens (including phenoxy) is 3. The fourth-order valence-corrected chi connectivity index (χ4v) is 5.16. The number of hydrogen-bond acceptors (Lipinski definition) is 7. The molecule has 1 aliphatic heterocycles. The molecule has 8 heteroatoms. The zero-order chi connectivity index (χ0) is 25.3. The van der Waals surface area contributed by atoms with E-state index >= 15 is 0 Å². The number of aliphatic hydroxyl groups excluding tert-OH is 1. The number of thioether (sulfide) groups is 1. The van der Waals surface area contributed by atoms with E-state index < -0.39 is 29.8 Å². The minimum absolute atomic E-state index is 0.192. The highest BCUT2D eigenvalue weighted by Crippen LogP contribution is 2.30. The van der Waals surface area contributed by atoms with Gasteiger partial charge >= 0.3 is 0 Å². The van der Waals surface area contributed by atoms with Crippen LogP contribution in [0.1, 0.15) is 17.5 Å². The maximum absolute atomic E-state index is 12.4. The number of nitrogens with one attached hydrogen (secondary N) is 1. The first-order valence-corrected chi connectivity index (χ1v) is 13.4. The average Bonchev–Trinajstić information content (AvgIpc) is 2.90. The van der Waals surface area contributed by atoms with Crippen molar-refractivity contribution in [3.63, 3.8) is 0 Å². The van der Waals surface area contributed by atoms with Gasteiger partial charge in [-0.3, -0.25) is 4.79 Å². The van der Waals surface area contributed by atoms with Crippen LogP contribution in [0, 0.1) is 0 Å². The fraction of sp³-hybridized carbons (Fsp3) is 0.393. The van der Waals surface area contributed by atoms with Gasteiger partial charge in [-0.25, -0.2) is 0 Å². The molecule has 0 aromatic heterocycles. The van der Waals surface area contributed by atoms with Crippen LogP contribution in [0.3, 0.4) is 0 Å². The predicted molar refractivity (Wildman–Crippen MR) is 142 cm³/mol. The predicted octanol–water partition coefficient (Wildman–Crippen LogP) is 3.22. The van der Waals surface area contributed by atoms with Crippen molar-refractivity contribution in [2.24, 2.45) is 5.73 Å². The Bertz CT molecular complexity index is 1120. The normalized spacial score (nSPS) is 24.0. The summed E-state index contributed by atoms with van der Waals surface area (Å²) in [6.45, 7) is 1.14. The Morgan fingerprint density at radius 2 is 1.78 bits per heavy atom. The van der Waals surface area contributed by atoms with Gasteiger partial charge in [0.15, 0.2) is 0 Å². The zero-order valence-electron chi connectivity index (χ0n) is 20.4. The van der Waals surface area contributed by atoms with Gasteiger partial charge in [0.1, 0.15) is 23.7 Å². The summed E-state index contributed by atoms with van der Waals surface area (Å²) < 4.78 is 18.4. The molecule has 0 bridgehead atoms. The van der Waals surface area contributed by atoms with Crippen molar-refractivity contribution in [3.05, 3.63) is 83.9 Å². The van der Waals surface area contributed by atoms with Crippen LogP contribution in [-0.2, 0) is 32.2 Å². The number of hydrogen-bond donors (Lipinski definition) is 3. The maximum Gasteiger partial charge on any atom is 0.221 e. The Morgan fingerprint density at radius 3 is 2.53 bits per heavy atom. The molecule has 36 heavy (non-hydrogen) atoms. The standard InChI is InChI=1S/C28H34N2O5S/c1-36-28-25(30-24(31)13-14-29)27(34-17-19-7-3-2-4-8-19)26(32)23(35-28)18-33-16-20-11-12-21-9-5-6-10-22(21)15-20/h2-12,15,23,25-28,32H,13-14,16-18,29H2,1H3,(H,30,31)/t23-,25-,26-,27-,28?/m1/s1. The smallest absolute Gasteiger partial charge is 0.221 e. The molecule has 1 amide bonds. The number of aliphatic hydroxyl groups is 1. The van der Waals surface area contributed by atoms with Crippen molar-refractivity contribution in [3.8, 4) is 0 Å². The summed E-state index contributed by atoms with van der Waals surface area (Å²) in [5, 5.41) is 16.6. The second kappa shape index (κ2) is 13.2. The van der Waals surface area contributed by atoms with Gasteiger partial charge in [-0.1, -0.05) is 66.7 Å². The van der Waals surface area contributed by atoms with Crippen LogP contribution in [0.15, 0.2) is 72.8 Å². The summed E-state index contributed by atoms with van der Waals surface area (Å²) in [5.41, 5.74) is 7.17. The topological polar surface area (TPSA) is 103 Å². The van der Waals surface area contributed by atoms with Crippen molar-refractivity contribution in [2.75, 3.05) is 19.4 Å². The summed E-state index contributed by atoms with van der Waals surface area (Å²) in [6.07, 6.45) is -0.168. The van der Waals surface area contributed by atoms with E-state index in [0.717, 1.165) is 16.5 Å². The van der Waals surface area contributed by atoms with E-state index in [-0.39, 0.29) is 25.5 Å². The van der Waals surface area contributed by atoms with Gasteiger partial charge in [-0.05, 0) is 34.2 Å². The quantitative estimate of drug-likeness (QED) is 0.364. The Labute approximate surface area is 216 Å². The van der Waals surface area contributed by atoms with Crippen molar-refractivity contribution < 1.29 is 24.1 Å². The molecule has 0 aliphatic carbocycles. The first-order valence-electron chi connectivity index (χ1n) is 12.2.